The van der Waals surface area contributed by atoms with E-state index < -0.39 is 0 Å². The van der Waals surface area contributed by atoms with Crippen molar-refractivity contribution in [2.45, 2.75) is 13.0 Å². The summed E-state index contributed by atoms with van der Waals surface area (Å²) in [5.41, 5.74) is 3.15. The molecule has 0 bridgehead atoms. The summed E-state index contributed by atoms with van der Waals surface area (Å²) in [5, 5.41) is 9.59. The summed E-state index contributed by atoms with van der Waals surface area (Å²) < 4.78 is 7.38. The number of hydrogen-bond acceptors (Lipinski definition) is 3. The van der Waals surface area contributed by atoms with Gasteiger partial charge in [-0.05, 0) is 29.8 Å². The van der Waals surface area contributed by atoms with Crippen LogP contribution in [-0.2, 0) is 17.7 Å². The molecule has 0 saturated carbocycles. The van der Waals surface area contributed by atoms with Crippen molar-refractivity contribution in [2.24, 2.45) is 0 Å². The molecule has 0 aliphatic rings. The zero-order chi connectivity index (χ0) is 14.7. The van der Waals surface area contributed by atoms with E-state index in [1.807, 2.05) is 30.3 Å². The molecule has 0 radical (unpaired) electrons. The molecular weight excluding hydrogens is 264 g/mol. The van der Waals surface area contributed by atoms with Crippen molar-refractivity contribution in [1.29, 1.82) is 0 Å². The Morgan fingerprint density at radius 3 is 2.81 bits per heavy atom. The number of nitrogens with zero attached hydrogens (tertiary/aromatic N) is 2. The largest absolute Gasteiger partial charge is 0.508 e. The Labute approximate surface area is 123 Å². The fraction of sp³-hybridized carbons (Fsp3) is 0.235. The number of phenolic OH excluding ortho intramolecular Hbond substituents is 1. The lowest BCUT2D eigenvalue weighted by Crippen LogP contribution is -2.08. The van der Waals surface area contributed by atoms with Crippen molar-refractivity contribution >= 4 is 11.0 Å². The number of ether oxygens (including phenoxy) is 1. The van der Waals surface area contributed by atoms with Crippen molar-refractivity contribution in [3.05, 3.63) is 59.9 Å². The van der Waals surface area contributed by atoms with Gasteiger partial charge in [-0.1, -0.05) is 24.3 Å². The zero-order valence-corrected chi connectivity index (χ0v) is 12.0. The van der Waals surface area contributed by atoms with Crippen molar-refractivity contribution < 1.29 is 9.84 Å². The van der Waals surface area contributed by atoms with Crippen molar-refractivity contribution in [2.75, 3.05) is 13.7 Å². The summed E-state index contributed by atoms with van der Waals surface area (Å²) in [6, 6.07) is 15.4. The molecule has 2 aromatic carbocycles. The summed E-state index contributed by atoms with van der Waals surface area (Å²) in [5.74, 6) is 1.27. The Morgan fingerprint density at radius 2 is 2.00 bits per heavy atom. The third-order valence-corrected chi connectivity index (χ3v) is 3.53. The van der Waals surface area contributed by atoms with E-state index in [1.165, 1.54) is 0 Å². The quantitative estimate of drug-likeness (QED) is 0.782. The van der Waals surface area contributed by atoms with Crippen molar-refractivity contribution in [3.63, 3.8) is 0 Å². The van der Waals surface area contributed by atoms with Gasteiger partial charge in [0.2, 0.25) is 0 Å². The Balaban J connectivity index is 2.00. The third-order valence-electron chi connectivity index (χ3n) is 3.53. The first-order valence-corrected chi connectivity index (χ1v) is 6.99. The van der Waals surface area contributed by atoms with Crippen LogP contribution >= 0.6 is 0 Å². The van der Waals surface area contributed by atoms with Gasteiger partial charge < -0.3 is 14.4 Å². The second-order valence-electron chi connectivity index (χ2n) is 5.01. The number of phenols is 1. The molecule has 21 heavy (non-hydrogen) atoms. The van der Waals surface area contributed by atoms with Gasteiger partial charge in [0.1, 0.15) is 11.6 Å². The number of benzene rings is 2. The second-order valence-corrected chi connectivity index (χ2v) is 5.01. The molecule has 0 unspecified atom stereocenters. The van der Waals surface area contributed by atoms with E-state index in [2.05, 4.69) is 10.6 Å². The fourth-order valence-electron chi connectivity index (χ4n) is 2.54. The zero-order valence-electron chi connectivity index (χ0n) is 12.0. The molecule has 1 N–H and O–H groups in total. The topological polar surface area (TPSA) is 47.3 Å². The van der Waals surface area contributed by atoms with Crippen LogP contribution in [0.5, 0.6) is 5.75 Å². The second kappa shape index (κ2) is 5.97. The monoisotopic (exact) mass is 282 g/mol. The molecule has 3 rings (SSSR count). The molecule has 0 saturated heterocycles. The smallest absolute Gasteiger partial charge is 0.115 e. The average molecular weight is 282 g/mol. The standard InChI is InChI=1S/C17H18N2O2/c1-21-10-9-19-16-8-3-2-7-15(16)18-17(19)12-13-5-4-6-14(20)11-13/h2-8,11,20H,9-10,12H2,1H3. The van der Waals surface area contributed by atoms with Crippen molar-refractivity contribution in [3.8, 4) is 5.75 Å². The average Bonchev–Trinajstić information content (AvgIpc) is 2.82. The van der Waals surface area contributed by atoms with Crippen LogP contribution < -0.4 is 0 Å². The summed E-state index contributed by atoms with van der Waals surface area (Å²) in [7, 11) is 1.70. The molecule has 0 fully saturated rings. The Hall–Kier alpha value is -2.33. The summed E-state index contributed by atoms with van der Waals surface area (Å²) in [6.07, 6.45) is 0.687. The molecular formula is C17H18N2O2. The van der Waals surface area contributed by atoms with Gasteiger partial charge in [-0.2, -0.15) is 0 Å². The van der Waals surface area contributed by atoms with E-state index in [4.69, 9.17) is 9.72 Å². The summed E-state index contributed by atoms with van der Waals surface area (Å²) >= 11 is 0. The minimum atomic E-state index is 0.284. The number of hydrogen-bond donors (Lipinski definition) is 1. The lowest BCUT2D eigenvalue weighted by Gasteiger charge is -2.09. The number of aromatic nitrogens is 2. The van der Waals surface area contributed by atoms with E-state index in [-0.39, 0.29) is 5.75 Å². The number of aromatic hydroxyl groups is 1. The minimum absolute atomic E-state index is 0.284. The van der Waals surface area contributed by atoms with Crippen LogP contribution in [0.3, 0.4) is 0 Å². The van der Waals surface area contributed by atoms with Crippen LogP contribution in [0.4, 0.5) is 0 Å². The van der Waals surface area contributed by atoms with Gasteiger partial charge in [-0.15, -0.1) is 0 Å². The van der Waals surface area contributed by atoms with E-state index in [1.54, 1.807) is 19.2 Å². The number of rotatable bonds is 5. The Morgan fingerprint density at radius 1 is 1.14 bits per heavy atom. The molecule has 0 spiro atoms. The summed E-state index contributed by atoms with van der Waals surface area (Å²) in [6.45, 7) is 1.42. The maximum Gasteiger partial charge on any atom is 0.115 e. The molecule has 0 aliphatic carbocycles. The highest BCUT2D eigenvalue weighted by atomic mass is 16.5. The SMILES string of the molecule is COCCn1c(Cc2cccc(O)c2)nc2ccccc21. The first kappa shape index (κ1) is 13.6. The first-order valence-electron chi connectivity index (χ1n) is 6.99. The predicted molar refractivity (Wildman–Crippen MR) is 82.5 cm³/mol. The van der Waals surface area contributed by atoms with E-state index >= 15 is 0 Å². The molecule has 108 valence electrons. The molecule has 4 heteroatoms. The number of methoxy groups -OCH3 is 1. The van der Waals surface area contributed by atoms with Crippen LogP contribution in [0.15, 0.2) is 48.5 Å². The predicted octanol–water partition coefficient (Wildman–Crippen LogP) is 2.98. The highest BCUT2D eigenvalue weighted by molar-refractivity contribution is 5.76. The Kier molecular flexibility index (Phi) is 3.88. The van der Waals surface area contributed by atoms with Gasteiger partial charge in [-0.3, -0.25) is 0 Å². The summed E-state index contributed by atoms with van der Waals surface area (Å²) in [4.78, 5) is 4.72. The van der Waals surface area contributed by atoms with Gasteiger partial charge in [-0.25, -0.2) is 4.98 Å². The molecule has 3 aromatic rings. The Bertz CT molecular complexity index is 749. The molecule has 0 amide bonds. The van der Waals surface area contributed by atoms with Crippen LogP contribution in [0.1, 0.15) is 11.4 Å². The number of para-hydroxylation sites is 2. The van der Waals surface area contributed by atoms with Gasteiger partial charge in [0.25, 0.3) is 0 Å². The van der Waals surface area contributed by atoms with Crippen molar-refractivity contribution in [1.82, 2.24) is 9.55 Å². The van der Waals surface area contributed by atoms with Gasteiger partial charge >= 0.3 is 0 Å². The van der Waals surface area contributed by atoms with Crippen LogP contribution in [0, 0.1) is 0 Å². The van der Waals surface area contributed by atoms with Gasteiger partial charge in [0.05, 0.1) is 17.6 Å². The highest BCUT2D eigenvalue weighted by Gasteiger charge is 2.11. The fourth-order valence-corrected chi connectivity index (χ4v) is 2.54. The van der Waals surface area contributed by atoms with E-state index in [0.29, 0.717) is 13.0 Å². The molecule has 0 atom stereocenters. The molecule has 1 aromatic heterocycles. The highest BCUT2D eigenvalue weighted by Crippen LogP contribution is 2.20. The number of fused-ring (bicyclic) bond motifs is 1. The maximum absolute atomic E-state index is 9.59. The molecule has 1 heterocycles. The van der Waals surface area contributed by atoms with Crippen LogP contribution in [0.25, 0.3) is 11.0 Å². The minimum Gasteiger partial charge on any atom is -0.508 e. The lowest BCUT2D eigenvalue weighted by atomic mass is 10.1. The normalized spacial score (nSPS) is 11.1. The van der Waals surface area contributed by atoms with Crippen LogP contribution in [-0.4, -0.2) is 28.4 Å². The maximum atomic E-state index is 9.59. The number of imidazole rings is 1. The third kappa shape index (κ3) is 2.90. The lowest BCUT2D eigenvalue weighted by molar-refractivity contribution is 0.187. The molecule has 4 nitrogen and oxygen atoms in total. The molecule has 0 aliphatic heterocycles. The van der Waals surface area contributed by atoms with E-state index in [9.17, 15) is 5.11 Å². The van der Waals surface area contributed by atoms with Gasteiger partial charge in [0.15, 0.2) is 0 Å². The first-order chi connectivity index (χ1) is 10.3. The van der Waals surface area contributed by atoms with Gasteiger partial charge in [0, 0.05) is 20.1 Å². The van der Waals surface area contributed by atoms with Crippen LogP contribution in [0.2, 0.25) is 0 Å². The van der Waals surface area contributed by atoms with E-state index in [0.717, 1.165) is 29.0 Å².